The van der Waals surface area contributed by atoms with E-state index < -0.39 is 0 Å². The van der Waals surface area contributed by atoms with Gasteiger partial charge in [0.2, 0.25) is 5.91 Å². The first-order chi connectivity index (χ1) is 13.6. The van der Waals surface area contributed by atoms with E-state index in [1.165, 1.54) is 0 Å². The molecule has 28 heavy (non-hydrogen) atoms. The van der Waals surface area contributed by atoms with E-state index in [4.69, 9.17) is 0 Å². The van der Waals surface area contributed by atoms with E-state index in [9.17, 15) is 9.59 Å². The Bertz CT molecular complexity index is 1020. The largest absolute Gasteiger partial charge is 0.366 e. The SMILES string of the molecule is CC(=O)N1CCN(c2ccccc2NC(=O)c2cccc3ccccc23)CC1. The summed E-state index contributed by atoms with van der Waals surface area (Å²) in [5.74, 6) is -0.0104. The van der Waals surface area contributed by atoms with Crippen LogP contribution in [0.1, 0.15) is 17.3 Å². The number of hydrogen-bond acceptors (Lipinski definition) is 3. The number of para-hydroxylation sites is 2. The minimum Gasteiger partial charge on any atom is -0.366 e. The summed E-state index contributed by atoms with van der Waals surface area (Å²) in [5, 5.41) is 5.07. The molecule has 142 valence electrons. The van der Waals surface area contributed by atoms with E-state index >= 15 is 0 Å². The number of nitrogens with one attached hydrogen (secondary N) is 1. The maximum absolute atomic E-state index is 13.0. The average molecular weight is 373 g/mol. The number of amides is 2. The molecular weight excluding hydrogens is 350 g/mol. The molecule has 5 nitrogen and oxygen atoms in total. The summed E-state index contributed by atoms with van der Waals surface area (Å²) in [6.07, 6.45) is 0. The van der Waals surface area contributed by atoms with E-state index in [0.29, 0.717) is 18.7 Å². The highest BCUT2D eigenvalue weighted by Crippen LogP contribution is 2.28. The van der Waals surface area contributed by atoms with Crippen LogP contribution in [0, 0.1) is 0 Å². The lowest BCUT2D eigenvalue weighted by atomic mass is 10.0. The van der Waals surface area contributed by atoms with Crippen LogP contribution in [-0.2, 0) is 4.79 Å². The molecule has 0 aromatic heterocycles. The second-order valence-electron chi connectivity index (χ2n) is 6.99. The lowest BCUT2D eigenvalue weighted by molar-refractivity contribution is -0.129. The molecule has 1 aliphatic heterocycles. The first-order valence-corrected chi connectivity index (χ1v) is 9.52. The third-order valence-electron chi connectivity index (χ3n) is 5.25. The Balaban J connectivity index is 1.57. The lowest BCUT2D eigenvalue weighted by Crippen LogP contribution is -2.48. The summed E-state index contributed by atoms with van der Waals surface area (Å²) in [7, 11) is 0. The van der Waals surface area contributed by atoms with E-state index in [0.717, 1.165) is 35.2 Å². The number of benzene rings is 3. The van der Waals surface area contributed by atoms with E-state index in [1.54, 1.807) is 6.92 Å². The molecule has 0 unspecified atom stereocenters. The van der Waals surface area contributed by atoms with Crippen LogP contribution in [0.2, 0.25) is 0 Å². The van der Waals surface area contributed by atoms with Gasteiger partial charge in [-0.05, 0) is 29.0 Å². The van der Waals surface area contributed by atoms with Crippen molar-refractivity contribution in [3.05, 3.63) is 72.3 Å². The normalized spacial score (nSPS) is 14.2. The molecule has 1 aliphatic rings. The van der Waals surface area contributed by atoms with Crippen molar-refractivity contribution < 1.29 is 9.59 Å². The Morgan fingerprint density at radius 2 is 1.50 bits per heavy atom. The second kappa shape index (κ2) is 7.72. The molecule has 1 fully saturated rings. The van der Waals surface area contributed by atoms with Gasteiger partial charge >= 0.3 is 0 Å². The number of nitrogens with zero attached hydrogens (tertiary/aromatic N) is 2. The van der Waals surface area contributed by atoms with Gasteiger partial charge in [-0.15, -0.1) is 0 Å². The van der Waals surface area contributed by atoms with E-state index in [-0.39, 0.29) is 11.8 Å². The number of fused-ring (bicyclic) bond motifs is 1. The van der Waals surface area contributed by atoms with E-state index in [2.05, 4.69) is 10.2 Å². The quantitative estimate of drug-likeness (QED) is 0.761. The van der Waals surface area contributed by atoms with Gasteiger partial charge in [0, 0.05) is 38.7 Å². The first-order valence-electron chi connectivity index (χ1n) is 9.52. The van der Waals surface area contributed by atoms with Crippen molar-refractivity contribution in [2.45, 2.75) is 6.92 Å². The Labute approximate surface area is 164 Å². The summed E-state index contributed by atoms with van der Waals surface area (Å²) in [4.78, 5) is 28.7. The molecule has 0 bridgehead atoms. The molecule has 1 N–H and O–H groups in total. The molecule has 5 heteroatoms. The molecule has 0 spiro atoms. The van der Waals surface area contributed by atoms with Gasteiger partial charge in [-0.3, -0.25) is 9.59 Å². The molecule has 3 aromatic carbocycles. The molecule has 3 aromatic rings. The van der Waals surface area contributed by atoms with Gasteiger partial charge in [-0.2, -0.15) is 0 Å². The standard InChI is InChI=1S/C23H23N3O2/c1-17(27)25-13-15-26(16-14-25)22-12-5-4-11-21(22)24-23(28)20-10-6-8-18-7-2-3-9-19(18)20/h2-12H,13-16H2,1H3,(H,24,28). The number of anilines is 2. The van der Waals surface area contributed by atoms with Gasteiger partial charge in [-0.1, -0.05) is 48.5 Å². The van der Waals surface area contributed by atoms with Crippen LogP contribution in [0.4, 0.5) is 11.4 Å². The fraction of sp³-hybridized carbons (Fsp3) is 0.217. The minimum atomic E-state index is -0.119. The lowest BCUT2D eigenvalue weighted by Gasteiger charge is -2.36. The third-order valence-corrected chi connectivity index (χ3v) is 5.25. The fourth-order valence-corrected chi connectivity index (χ4v) is 3.73. The third kappa shape index (κ3) is 3.56. The molecule has 0 aliphatic carbocycles. The zero-order chi connectivity index (χ0) is 19.5. The van der Waals surface area contributed by atoms with Crippen molar-refractivity contribution >= 4 is 34.0 Å². The van der Waals surface area contributed by atoms with Crippen LogP contribution >= 0.6 is 0 Å². The number of hydrogen-bond donors (Lipinski definition) is 1. The molecular formula is C23H23N3O2. The highest BCUT2D eigenvalue weighted by Gasteiger charge is 2.21. The van der Waals surface area contributed by atoms with Crippen LogP contribution in [0.15, 0.2) is 66.7 Å². The van der Waals surface area contributed by atoms with Crippen LogP contribution in [0.25, 0.3) is 10.8 Å². The molecule has 1 saturated heterocycles. The maximum Gasteiger partial charge on any atom is 0.256 e. The van der Waals surface area contributed by atoms with Crippen LogP contribution < -0.4 is 10.2 Å². The van der Waals surface area contributed by atoms with Crippen molar-refractivity contribution in [3.63, 3.8) is 0 Å². The first kappa shape index (κ1) is 18.0. The number of piperazine rings is 1. The van der Waals surface area contributed by atoms with Crippen molar-refractivity contribution in [1.82, 2.24) is 4.90 Å². The van der Waals surface area contributed by atoms with Gasteiger partial charge in [0.05, 0.1) is 11.4 Å². The predicted octanol–water partition coefficient (Wildman–Crippen LogP) is 3.76. The van der Waals surface area contributed by atoms with Gasteiger partial charge in [-0.25, -0.2) is 0 Å². The number of rotatable bonds is 3. The molecule has 0 radical (unpaired) electrons. The maximum atomic E-state index is 13.0. The minimum absolute atomic E-state index is 0.109. The molecule has 2 amide bonds. The average Bonchev–Trinajstić information content (AvgIpc) is 2.74. The highest BCUT2D eigenvalue weighted by molar-refractivity contribution is 6.13. The van der Waals surface area contributed by atoms with Gasteiger partial charge in [0.1, 0.15) is 0 Å². The molecule has 0 saturated carbocycles. The topological polar surface area (TPSA) is 52.7 Å². The molecule has 4 rings (SSSR count). The monoisotopic (exact) mass is 373 g/mol. The Hall–Kier alpha value is -3.34. The predicted molar refractivity (Wildman–Crippen MR) is 113 cm³/mol. The van der Waals surface area contributed by atoms with Gasteiger partial charge in [0.25, 0.3) is 5.91 Å². The van der Waals surface area contributed by atoms with Crippen molar-refractivity contribution in [1.29, 1.82) is 0 Å². The Morgan fingerprint density at radius 1 is 0.821 bits per heavy atom. The summed E-state index contributed by atoms with van der Waals surface area (Å²) in [5.41, 5.74) is 2.44. The summed E-state index contributed by atoms with van der Waals surface area (Å²) >= 11 is 0. The Kier molecular flexibility index (Phi) is 4.98. The van der Waals surface area contributed by atoms with Crippen molar-refractivity contribution in [2.75, 3.05) is 36.4 Å². The number of carbonyl (C=O) groups is 2. The summed E-state index contributed by atoms with van der Waals surface area (Å²) in [6, 6.07) is 21.5. The zero-order valence-corrected chi connectivity index (χ0v) is 15.9. The molecule has 0 atom stereocenters. The van der Waals surface area contributed by atoms with Crippen LogP contribution in [0.3, 0.4) is 0 Å². The van der Waals surface area contributed by atoms with Gasteiger partial charge < -0.3 is 15.1 Å². The van der Waals surface area contributed by atoms with Crippen LogP contribution in [0.5, 0.6) is 0 Å². The second-order valence-corrected chi connectivity index (χ2v) is 6.99. The fourth-order valence-electron chi connectivity index (χ4n) is 3.73. The summed E-state index contributed by atoms with van der Waals surface area (Å²) < 4.78 is 0. The number of carbonyl (C=O) groups excluding carboxylic acids is 2. The smallest absolute Gasteiger partial charge is 0.256 e. The zero-order valence-electron chi connectivity index (χ0n) is 15.9. The molecule has 1 heterocycles. The van der Waals surface area contributed by atoms with Crippen molar-refractivity contribution in [2.24, 2.45) is 0 Å². The summed E-state index contributed by atoms with van der Waals surface area (Å²) in [6.45, 7) is 4.50. The highest BCUT2D eigenvalue weighted by atomic mass is 16.2. The van der Waals surface area contributed by atoms with Crippen molar-refractivity contribution in [3.8, 4) is 0 Å². The van der Waals surface area contributed by atoms with Gasteiger partial charge in [0.15, 0.2) is 0 Å². The van der Waals surface area contributed by atoms with E-state index in [1.807, 2.05) is 71.6 Å². The van der Waals surface area contributed by atoms with Crippen LogP contribution in [-0.4, -0.2) is 42.9 Å². The Morgan fingerprint density at radius 3 is 2.29 bits per heavy atom.